The van der Waals surface area contributed by atoms with Crippen molar-refractivity contribution in [2.45, 2.75) is 38.3 Å². The predicted octanol–water partition coefficient (Wildman–Crippen LogP) is 0.257. The van der Waals surface area contributed by atoms with Crippen LogP contribution in [0.2, 0.25) is 0 Å². The van der Waals surface area contributed by atoms with E-state index in [4.69, 9.17) is 0 Å². The third-order valence-corrected chi connectivity index (χ3v) is 3.70. The number of hydrogen-bond donors (Lipinski definition) is 2. The molecule has 0 amide bonds. The second-order valence-electron chi connectivity index (χ2n) is 4.82. The molecule has 3 heterocycles. The lowest BCUT2D eigenvalue weighted by Gasteiger charge is -2.23. The summed E-state index contributed by atoms with van der Waals surface area (Å²) in [5, 5.41) is 21.3. The van der Waals surface area contributed by atoms with E-state index < -0.39 is 0 Å². The van der Waals surface area contributed by atoms with Crippen LogP contribution < -0.4 is 5.32 Å². The molecule has 2 unspecified atom stereocenters. The summed E-state index contributed by atoms with van der Waals surface area (Å²) in [5.74, 6) is 2.54. The van der Waals surface area contributed by atoms with Crippen LogP contribution in [0.5, 0.6) is 0 Å². The topological polar surface area (TPSA) is 63.0 Å². The van der Waals surface area contributed by atoms with Gasteiger partial charge < -0.3 is 15.0 Å². The average Bonchev–Trinajstić information content (AvgIpc) is 2.96. The lowest BCUT2D eigenvalue weighted by atomic mass is 10.00. The van der Waals surface area contributed by atoms with Crippen molar-refractivity contribution < 1.29 is 5.11 Å². The molecule has 1 fully saturated rings. The molecule has 1 aromatic rings. The number of hydrogen-bond acceptors (Lipinski definition) is 4. The Morgan fingerprint density at radius 1 is 1.38 bits per heavy atom. The van der Waals surface area contributed by atoms with Gasteiger partial charge in [-0.1, -0.05) is 0 Å². The van der Waals surface area contributed by atoms with Gasteiger partial charge in [-0.25, -0.2) is 0 Å². The molecule has 2 N–H and O–H groups in total. The second kappa shape index (κ2) is 4.14. The van der Waals surface area contributed by atoms with Crippen LogP contribution in [0.15, 0.2) is 0 Å². The fraction of sp³-hybridized carbons (Fsp3) is 0.818. The van der Waals surface area contributed by atoms with Crippen LogP contribution in [-0.4, -0.2) is 33.0 Å². The molecule has 2 aliphatic heterocycles. The van der Waals surface area contributed by atoms with E-state index >= 15 is 0 Å². The zero-order chi connectivity index (χ0) is 11.0. The van der Waals surface area contributed by atoms with Gasteiger partial charge in [0.25, 0.3) is 0 Å². The smallest absolute Gasteiger partial charge is 0.150 e. The van der Waals surface area contributed by atoms with Gasteiger partial charge in [0.15, 0.2) is 0 Å². The average molecular weight is 222 g/mol. The van der Waals surface area contributed by atoms with E-state index in [0.717, 1.165) is 44.0 Å². The van der Waals surface area contributed by atoms with Crippen LogP contribution >= 0.6 is 0 Å². The first-order valence-electron chi connectivity index (χ1n) is 6.14. The van der Waals surface area contributed by atoms with Crippen molar-refractivity contribution in [2.75, 3.05) is 13.2 Å². The van der Waals surface area contributed by atoms with Gasteiger partial charge in [-0.3, -0.25) is 0 Å². The highest BCUT2D eigenvalue weighted by Crippen LogP contribution is 2.26. The van der Waals surface area contributed by atoms with Crippen molar-refractivity contribution in [3.8, 4) is 0 Å². The highest BCUT2D eigenvalue weighted by atomic mass is 16.3. The molecule has 88 valence electrons. The number of rotatable bonds is 2. The fourth-order valence-corrected chi connectivity index (χ4v) is 2.73. The molecule has 16 heavy (non-hydrogen) atoms. The maximum Gasteiger partial charge on any atom is 0.150 e. The Balaban J connectivity index is 1.87. The van der Waals surface area contributed by atoms with Crippen LogP contribution in [0.4, 0.5) is 0 Å². The van der Waals surface area contributed by atoms with Gasteiger partial charge in [0.2, 0.25) is 0 Å². The van der Waals surface area contributed by atoms with Crippen molar-refractivity contribution in [1.82, 2.24) is 20.1 Å². The van der Waals surface area contributed by atoms with Gasteiger partial charge in [-0.15, -0.1) is 10.2 Å². The SMILES string of the molecule is OCC1CCc2nnc(C3CCCN3)n2C1. The molecule has 1 saturated heterocycles. The molecule has 0 spiro atoms. The third kappa shape index (κ3) is 1.64. The fourth-order valence-electron chi connectivity index (χ4n) is 2.73. The third-order valence-electron chi connectivity index (χ3n) is 3.70. The highest BCUT2D eigenvalue weighted by Gasteiger charge is 2.27. The van der Waals surface area contributed by atoms with Gasteiger partial charge in [-0.2, -0.15) is 0 Å². The first kappa shape index (κ1) is 10.2. The predicted molar refractivity (Wildman–Crippen MR) is 58.9 cm³/mol. The van der Waals surface area contributed by atoms with Crippen LogP contribution in [0.25, 0.3) is 0 Å². The largest absolute Gasteiger partial charge is 0.396 e. The monoisotopic (exact) mass is 222 g/mol. The number of nitrogens with zero attached hydrogens (tertiary/aromatic N) is 3. The molecule has 0 saturated carbocycles. The standard InChI is InChI=1S/C11H18N4O/c16-7-8-3-4-10-13-14-11(15(10)6-8)9-2-1-5-12-9/h8-9,12,16H,1-7H2. The first-order valence-corrected chi connectivity index (χ1v) is 6.14. The molecule has 3 rings (SSSR count). The normalized spacial score (nSPS) is 29.3. The maximum atomic E-state index is 9.24. The molecule has 2 aliphatic rings. The molecular weight excluding hydrogens is 204 g/mol. The summed E-state index contributed by atoms with van der Waals surface area (Å²) in [4.78, 5) is 0. The Kier molecular flexibility index (Phi) is 2.65. The Bertz CT molecular complexity index is 370. The van der Waals surface area contributed by atoms with Crippen molar-refractivity contribution in [2.24, 2.45) is 5.92 Å². The quantitative estimate of drug-likeness (QED) is 0.753. The van der Waals surface area contributed by atoms with Gasteiger partial charge in [-0.05, 0) is 25.8 Å². The van der Waals surface area contributed by atoms with Crippen LogP contribution in [0.3, 0.4) is 0 Å². The Morgan fingerprint density at radius 2 is 2.31 bits per heavy atom. The molecule has 5 heteroatoms. The number of fused-ring (bicyclic) bond motifs is 1. The van der Waals surface area contributed by atoms with Crippen LogP contribution in [-0.2, 0) is 13.0 Å². The van der Waals surface area contributed by atoms with E-state index in [0.29, 0.717) is 12.0 Å². The number of nitrogens with one attached hydrogen (secondary N) is 1. The van der Waals surface area contributed by atoms with Gasteiger partial charge in [0.05, 0.1) is 6.04 Å². The molecule has 0 radical (unpaired) electrons. The van der Waals surface area contributed by atoms with Crippen molar-refractivity contribution in [3.63, 3.8) is 0 Å². The maximum absolute atomic E-state index is 9.24. The highest BCUT2D eigenvalue weighted by molar-refractivity contribution is 5.05. The summed E-state index contributed by atoms with van der Waals surface area (Å²) in [6, 6.07) is 0.374. The van der Waals surface area contributed by atoms with E-state index in [1.54, 1.807) is 0 Å². The van der Waals surface area contributed by atoms with Crippen LogP contribution in [0, 0.1) is 5.92 Å². The van der Waals surface area contributed by atoms with Crippen molar-refractivity contribution in [1.29, 1.82) is 0 Å². The van der Waals surface area contributed by atoms with Gasteiger partial charge in [0, 0.05) is 25.5 Å². The van der Waals surface area contributed by atoms with E-state index in [2.05, 4.69) is 20.1 Å². The van der Waals surface area contributed by atoms with Gasteiger partial charge >= 0.3 is 0 Å². The molecule has 5 nitrogen and oxygen atoms in total. The summed E-state index contributed by atoms with van der Waals surface area (Å²) in [5.41, 5.74) is 0. The zero-order valence-electron chi connectivity index (χ0n) is 9.39. The lowest BCUT2D eigenvalue weighted by molar-refractivity contribution is 0.188. The van der Waals surface area contributed by atoms with E-state index in [9.17, 15) is 5.11 Å². The Hall–Kier alpha value is -0.940. The van der Waals surface area contributed by atoms with Crippen LogP contribution in [0.1, 0.15) is 37.0 Å². The minimum Gasteiger partial charge on any atom is -0.396 e. The Labute approximate surface area is 94.9 Å². The number of aryl methyl sites for hydroxylation is 1. The van der Waals surface area contributed by atoms with E-state index in [1.807, 2.05) is 0 Å². The molecular formula is C11H18N4O. The molecule has 1 aromatic heterocycles. The second-order valence-corrected chi connectivity index (χ2v) is 4.82. The summed E-state index contributed by atoms with van der Waals surface area (Å²) < 4.78 is 2.22. The summed E-state index contributed by atoms with van der Waals surface area (Å²) in [6.45, 7) is 2.23. The summed E-state index contributed by atoms with van der Waals surface area (Å²) in [7, 11) is 0. The van der Waals surface area contributed by atoms with E-state index in [-0.39, 0.29) is 6.61 Å². The molecule has 0 bridgehead atoms. The molecule has 2 atom stereocenters. The first-order chi connectivity index (χ1) is 7.88. The number of aromatic nitrogens is 3. The van der Waals surface area contributed by atoms with Crippen molar-refractivity contribution in [3.05, 3.63) is 11.6 Å². The lowest BCUT2D eigenvalue weighted by Crippen LogP contribution is -2.26. The zero-order valence-corrected chi connectivity index (χ0v) is 9.39. The van der Waals surface area contributed by atoms with Crippen molar-refractivity contribution >= 4 is 0 Å². The molecule has 0 aliphatic carbocycles. The number of aliphatic hydroxyl groups excluding tert-OH is 1. The summed E-state index contributed by atoms with van der Waals surface area (Å²) >= 11 is 0. The van der Waals surface area contributed by atoms with Gasteiger partial charge in [0.1, 0.15) is 11.6 Å². The Morgan fingerprint density at radius 3 is 3.06 bits per heavy atom. The minimum absolute atomic E-state index is 0.273. The molecule has 0 aromatic carbocycles. The number of aliphatic hydroxyl groups is 1. The van der Waals surface area contributed by atoms with E-state index in [1.165, 1.54) is 6.42 Å². The summed E-state index contributed by atoms with van der Waals surface area (Å²) in [6.07, 6.45) is 4.36. The minimum atomic E-state index is 0.273.